The molecule has 0 spiro atoms. The summed E-state index contributed by atoms with van der Waals surface area (Å²) in [5, 5.41) is 0.610. The van der Waals surface area contributed by atoms with Gasteiger partial charge in [-0.25, -0.2) is 15.8 Å². The number of nitrogens with one attached hydrogen (secondary N) is 1. The number of nitrogens with two attached hydrogens (primary N) is 1. The van der Waals surface area contributed by atoms with E-state index < -0.39 is 0 Å². The summed E-state index contributed by atoms with van der Waals surface area (Å²) >= 11 is 1.28. The van der Waals surface area contributed by atoms with Gasteiger partial charge in [-0.1, -0.05) is 11.8 Å². The third-order valence-corrected chi connectivity index (χ3v) is 2.95. The zero-order chi connectivity index (χ0) is 11.4. The molecule has 0 bridgehead atoms. The Morgan fingerprint density at radius 3 is 2.33 bits per heavy atom. The van der Waals surface area contributed by atoms with Crippen LogP contribution in [0.4, 0.5) is 0 Å². The summed E-state index contributed by atoms with van der Waals surface area (Å²) in [6.07, 6.45) is 0. The molecule has 82 valence electrons. The highest BCUT2D eigenvalue weighted by Gasteiger charge is 2.06. The highest BCUT2D eigenvalue weighted by atomic mass is 32.2. The number of hydrazine groups is 1. The van der Waals surface area contributed by atoms with Gasteiger partial charge in [0, 0.05) is 11.4 Å². The summed E-state index contributed by atoms with van der Waals surface area (Å²) in [6.45, 7) is 5.83. The van der Waals surface area contributed by atoms with E-state index >= 15 is 0 Å². The van der Waals surface area contributed by atoms with Crippen molar-refractivity contribution in [2.75, 3.05) is 5.75 Å². The second-order valence-corrected chi connectivity index (χ2v) is 4.10. The molecule has 1 amide bonds. The fraction of sp³-hybridized carbons (Fsp3) is 0.444. The molecule has 0 saturated carbocycles. The van der Waals surface area contributed by atoms with E-state index in [9.17, 15) is 4.79 Å². The zero-order valence-corrected chi connectivity index (χ0v) is 9.81. The van der Waals surface area contributed by atoms with E-state index in [-0.39, 0.29) is 11.7 Å². The number of aromatic nitrogens is 2. The normalized spacial score (nSPS) is 10.1. The van der Waals surface area contributed by atoms with E-state index in [1.54, 1.807) is 0 Å². The van der Waals surface area contributed by atoms with Crippen molar-refractivity contribution in [2.45, 2.75) is 25.9 Å². The predicted octanol–water partition coefficient (Wildman–Crippen LogP) is 0.484. The summed E-state index contributed by atoms with van der Waals surface area (Å²) in [7, 11) is 0. The fourth-order valence-electron chi connectivity index (χ4n) is 0.978. The Hall–Kier alpha value is -1.14. The van der Waals surface area contributed by atoms with Crippen molar-refractivity contribution >= 4 is 17.7 Å². The minimum atomic E-state index is -0.237. The fourth-order valence-corrected chi connectivity index (χ4v) is 1.72. The predicted molar refractivity (Wildman–Crippen MR) is 59.3 cm³/mol. The lowest BCUT2D eigenvalue weighted by atomic mass is 10.2. The minimum absolute atomic E-state index is 0.235. The van der Waals surface area contributed by atoms with Gasteiger partial charge in [-0.3, -0.25) is 10.2 Å². The maximum absolute atomic E-state index is 10.9. The second-order valence-electron chi connectivity index (χ2n) is 3.16. The van der Waals surface area contributed by atoms with Crippen molar-refractivity contribution in [3.63, 3.8) is 0 Å². The van der Waals surface area contributed by atoms with E-state index in [1.807, 2.05) is 20.8 Å². The molecule has 5 nitrogen and oxygen atoms in total. The third-order valence-electron chi connectivity index (χ3n) is 2.11. The largest absolute Gasteiger partial charge is 0.294 e. The summed E-state index contributed by atoms with van der Waals surface area (Å²) < 4.78 is 0. The Morgan fingerprint density at radius 2 is 1.87 bits per heavy atom. The molecule has 0 atom stereocenters. The first-order valence-corrected chi connectivity index (χ1v) is 5.47. The van der Waals surface area contributed by atoms with Crippen LogP contribution < -0.4 is 11.3 Å². The van der Waals surface area contributed by atoms with Crippen molar-refractivity contribution < 1.29 is 4.79 Å². The molecule has 0 aliphatic carbocycles. The van der Waals surface area contributed by atoms with Crippen LogP contribution in [-0.4, -0.2) is 21.6 Å². The van der Waals surface area contributed by atoms with Gasteiger partial charge in [-0.15, -0.1) is 0 Å². The van der Waals surface area contributed by atoms with Gasteiger partial charge in [0.1, 0.15) is 0 Å². The second kappa shape index (κ2) is 5.09. The average Bonchev–Trinajstić information content (AvgIpc) is 2.22. The van der Waals surface area contributed by atoms with Crippen LogP contribution in [0.3, 0.4) is 0 Å². The summed E-state index contributed by atoms with van der Waals surface area (Å²) in [5.41, 5.74) is 5.03. The van der Waals surface area contributed by atoms with Crippen LogP contribution in [0, 0.1) is 20.8 Å². The first kappa shape index (κ1) is 11.9. The quantitative estimate of drug-likeness (QED) is 0.258. The van der Waals surface area contributed by atoms with E-state index in [0.717, 1.165) is 17.0 Å². The molecule has 1 heterocycles. The molecule has 6 heteroatoms. The van der Waals surface area contributed by atoms with Crippen LogP contribution >= 0.6 is 11.8 Å². The van der Waals surface area contributed by atoms with Gasteiger partial charge in [0.05, 0.1) is 5.75 Å². The number of amides is 1. The van der Waals surface area contributed by atoms with Gasteiger partial charge >= 0.3 is 0 Å². The molecule has 0 aliphatic rings. The Kier molecular flexibility index (Phi) is 4.05. The molecule has 1 aromatic heterocycles. The van der Waals surface area contributed by atoms with Gasteiger partial charge in [0.15, 0.2) is 5.16 Å². The van der Waals surface area contributed by atoms with Gasteiger partial charge in [-0.05, 0) is 26.3 Å². The molecular formula is C9H14N4OS. The minimum Gasteiger partial charge on any atom is -0.294 e. The number of hydrogen-bond donors (Lipinski definition) is 2. The monoisotopic (exact) mass is 226 g/mol. The Balaban J connectivity index is 2.75. The lowest BCUT2D eigenvalue weighted by molar-refractivity contribution is -0.118. The molecule has 3 N–H and O–H groups in total. The number of aryl methyl sites for hydroxylation is 2. The number of nitrogens with zero attached hydrogens (tertiary/aromatic N) is 2. The molecule has 0 radical (unpaired) electrons. The van der Waals surface area contributed by atoms with Crippen LogP contribution in [0.2, 0.25) is 0 Å². The van der Waals surface area contributed by atoms with E-state index in [4.69, 9.17) is 5.84 Å². The molecule has 1 rings (SSSR count). The first-order valence-electron chi connectivity index (χ1n) is 4.48. The van der Waals surface area contributed by atoms with Crippen molar-refractivity contribution in [3.05, 3.63) is 17.0 Å². The number of hydrogen-bond acceptors (Lipinski definition) is 5. The Morgan fingerprint density at radius 1 is 1.33 bits per heavy atom. The van der Waals surface area contributed by atoms with Crippen molar-refractivity contribution in [3.8, 4) is 0 Å². The van der Waals surface area contributed by atoms with Crippen LogP contribution in [0.5, 0.6) is 0 Å². The lowest BCUT2D eigenvalue weighted by Gasteiger charge is -2.05. The number of thioether (sulfide) groups is 1. The Bertz CT molecular complexity index is 357. The maximum Gasteiger partial charge on any atom is 0.244 e. The topological polar surface area (TPSA) is 80.9 Å². The molecular weight excluding hydrogens is 212 g/mol. The first-order chi connectivity index (χ1) is 7.04. The van der Waals surface area contributed by atoms with Gasteiger partial charge in [0.25, 0.3) is 0 Å². The van der Waals surface area contributed by atoms with Crippen molar-refractivity contribution in [1.29, 1.82) is 0 Å². The maximum atomic E-state index is 10.9. The van der Waals surface area contributed by atoms with Gasteiger partial charge in [0.2, 0.25) is 5.91 Å². The molecule has 0 unspecified atom stereocenters. The van der Waals surface area contributed by atoms with Crippen LogP contribution in [0.15, 0.2) is 5.16 Å². The lowest BCUT2D eigenvalue weighted by Crippen LogP contribution is -2.31. The van der Waals surface area contributed by atoms with E-state index in [2.05, 4.69) is 15.4 Å². The van der Waals surface area contributed by atoms with Crippen LogP contribution in [0.25, 0.3) is 0 Å². The van der Waals surface area contributed by atoms with Crippen LogP contribution in [-0.2, 0) is 4.79 Å². The SMILES string of the molecule is Cc1nc(SCC(=O)NN)nc(C)c1C. The molecule has 1 aromatic rings. The molecule has 0 aromatic carbocycles. The number of carbonyl (C=O) groups is 1. The van der Waals surface area contributed by atoms with E-state index in [0.29, 0.717) is 5.16 Å². The number of rotatable bonds is 3. The average molecular weight is 226 g/mol. The van der Waals surface area contributed by atoms with Crippen LogP contribution in [0.1, 0.15) is 17.0 Å². The van der Waals surface area contributed by atoms with Crippen molar-refractivity contribution in [1.82, 2.24) is 15.4 Å². The van der Waals surface area contributed by atoms with Gasteiger partial charge < -0.3 is 0 Å². The zero-order valence-electron chi connectivity index (χ0n) is 9.00. The summed E-state index contributed by atoms with van der Waals surface area (Å²) in [5.74, 6) is 4.96. The summed E-state index contributed by atoms with van der Waals surface area (Å²) in [4.78, 5) is 19.5. The van der Waals surface area contributed by atoms with Gasteiger partial charge in [-0.2, -0.15) is 0 Å². The number of carbonyl (C=O) groups excluding carboxylic acids is 1. The standard InChI is InChI=1S/C9H14N4OS/c1-5-6(2)11-9(12-7(5)3)15-4-8(14)13-10/h4,10H2,1-3H3,(H,13,14). The van der Waals surface area contributed by atoms with Crippen molar-refractivity contribution in [2.24, 2.45) is 5.84 Å². The molecule has 0 aliphatic heterocycles. The Labute approximate surface area is 92.8 Å². The molecule has 15 heavy (non-hydrogen) atoms. The smallest absolute Gasteiger partial charge is 0.244 e. The third kappa shape index (κ3) is 3.17. The molecule has 0 fully saturated rings. The highest BCUT2D eigenvalue weighted by molar-refractivity contribution is 7.99. The van der Waals surface area contributed by atoms with E-state index in [1.165, 1.54) is 11.8 Å². The molecule has 0 saturated heterocycles. The summed E-state index contributed by atoms with van der Waals surface area (Å²) in [6, 6.07) is 0. The highest BCUT2D eigenvalue weighted by Crippen LogP contribution is 2.16.